The predicted molar refractivity (Wildman–Crippen MR) is 75.8 cm³/mol. The van der Waals surface area contributed by atoms with E-state index in [1.807, 2.05) is 48.5 Å². The Balaban J connectivity index is 2.32. The Bertz CT molecular complexity index is 686. The van der Waals surface area contributed by atoms with Crippen molar-refractivity contribution in [2.45, 2.75) is 0 Å². The molecule has 0 aliphatic heterocycles. The molecule has 0 radical (unpaired) electrons. The lowest BCUT2D eigenvalue weighted by molar-refractivity contribution is 1.44. The maximum Gasteiger partial charge on any atom is 0.0710 e. The van der Waals surface area contributed by atoms with Gasteiger partial charge in [0.1, 0.15) is 0 Å². The molecule has 3 aromatic rings. The predicted octanol–water partition coefficient (Wildman–Crippen LogP) is 4.18. The third-order valence-corrected chi connectivity index (χ3v) is 3.58. The molecule has 3 heteroatoms. The second kappa shape index (κ2) is 3.93. The molecule has 84 valence electrons. The van der Waals surface area contributed by atoms with Crippen molar-refractivity contribution in [2.24, 2.45) is 0 Å². The molecule has 2 nitrogen and oxygen atoms in total. The lowest BCUT2D eigenvalue weighted by atomic mass is 10.1. The van der Waals surface area contributed by atoms with Crippen LogP contribution in [-0.2, 0) is 0 Å². The van der Waals surface area contributed by atoms with Crippen LogP contribution in [0.15, 0.2) is 53.0 Å². The minimum Gasteiger partial charge on any atom is -0.396 e. The topological polar surface area (TPSA) is 41.8 Å². The van der Waals surface area contributed by atoms with Crippen molar-refractivity contribution < 1.29 is 0 Å². The molecule has 3 N–H and O–H groups in total. The summed E-state index contributed by atoms with van der Waals surface area (Å²) in [6.07, 6.45) is 0. The zero-order valence-electron chi connectivity index (χ0n) is 9.07. The summed E-state index contributed by atoms with van der Waals surface area (Å²) in [6, 6.07) is 16.1. The third kappa shape index (κ3) is 1.63. The van der Waals surface area contributed by atoms with Gasteiger partial charge in [0.15, 0.2) is 0 Å². The third-order valence-electron chi connectivity index (χ3n) is 2.89. The summed E-state index contributed by atoms with van der Waals surface area (Å²) in [4.78, 5) is 3.37. The SMILES string of the molecule is Nc1c(-c2ccccc2Br)[nH]c2ccccc12. The number of aromatic nitrogens is 1. The second-order valence-corrected chi connectivity index (χ2v) is 4.79. The van der Waals surface area contributed by atoms with E-state index in [0.717, 1.165) is 32.3 Å². The average molecular weight is 287 g/mol. The van der Waals surface area contributed by atoms with Crippen LogP contribution in [0.25, 0.3) is 22.2 Å². The molecule has 2 aromatic carbocycles. The van der Waals surface area contributed by atoms with Gasteiger partial charge in [0.2, 0.25) is 0 Å². The number of rotatable bonds is 1. The van der Waals surface area contributed by atoms with Crippen LogP contribution in [-0.4, -0.2) is 4.98 Å². The van der Waals surface area contributed by atoms with Gasteiger partial charge in [0.25, 0.3) is 0 Å². The maximum atomic E-state index is 6.19. The van der Waals surface area contributed by atoms with Gasteiger partial charge >= 0.3 is 0 Å². The van der Waals surface area contributed by atoms with Crippen molar-refractivity contribution in [1.82, 2.24) is 4.98 Å². The molecule has 0 amide bonds. The minimum absolute atomic E-state index is 0.799. The van der Waals surface area contributed by atoms with E-state index in [9.17, 15) is 0 Å². The number of benzene rings is 2. The van der Waals surface area contributed by atoms with Gasteiger partial charge in [-0.3, -0.25) is 0 Å². The molecule has 0 unspecified atom stereocenters. The smallest absolute Gasteiger partial charge is 0.0710 e. The number of H-pyrrole nitrogens is 1. The summed E-state index contributed by atoms with van der Waals surface area (Å²) < 4.78 is 1.04. The molecule has 0 aliphatic rings. The molecule has 0 spiro atoms. The largest absolute Gasteiger partial charge is 0.396 e. The first-order valence-electron chi connectivity index (χ1n) is 5.38. The molecule has 1 heterocycles. The van der Waals surface area contributed by atoms with E-state index < -0.39 is 0 Å². The highest BCUT2D eigenvalue weighted by atomic mass is 79.9. The van der Waals surface area contributed by atoms with E-state index in [1.54, 1.807) is 0 Å². The van der Waals surface area contributed by atoms with E-state index in [-0.39, 0.29) is 0 Å². The number of nitrogens with two attached hydrogens (primary N) is 1. The van der Waals surface area contributed by atoms with Crippen LogP contribution < -0.4 is 5.73 Å². The Labute approximate surface area is 108 Å². The highest BCUT2D eigenvalue weighted by Crippen LogP contribution is 2.35. The van der Waals surface area contributed by atoms with Crippen molar-refractivity contribution in [3.63, 3.8) is 0 Å². The lowest BCUT2D eigenvalue weighted by Gasteiger charge is -2.02. The van der Waals surface area contributed by atoms with Crippen molar-refractivity contribution in [2.75, 3.05) is 5.73 Å². The fourth-order valence-corrected chi connectivity index (χ4v) is 2.52. The Morgan fingerprint density at radius 3 is 2.41 bits per heavy atom. The normalized spacial score (nSPS) is 10.9. The standard InChI is InChI=1S/C14H11BrN2/c15-11-7-3-1-5-9(11)14-13(16)10-6-2-4-8-12(10)17-14/h1-8,17H,16H2. The van der Waals surface area contributed by atoms with E-state index >= 15 is 0 Å². The average Bonchev–Trinajstić information content (AvgIpc) is 2.68. The van der Waals surface area contributed by atoms with Crippen molar-refractivity contribution in [1.29, 1.82) is 0 Å². The molecule has 1 aromatic heterocycles. The Kier molecular flexibility index (Phi) is 2.41. The molecule has 0 fully saturated rings. The fourth-order valence-electron chi connectivity index (χ4n) is 2.04. The Morgan fingerprint density at radius 2 is 1.65 bits per heavy atom. The number of anilines is 1. The zero-order chi connectivity index (χ0) is 11.8. The molecule has 0 bridgehead atoms. The Morgan fingerprint density at radius 1 is 0.941 bits per heavy atom. The molecule has 0 saturated carbocycles. The highest BCUT2D eigenvalue weighted by molar-refractivity contribution is 9.10. The van der Waals surface area contributed by atoms with Gasteiger partial charge in [-0.2, -0.15) is 0 Å². The maximum absolute atomic E-state index is 6.19. The van der Waals surface area contributed by atoms with Crippen LogP contribution in [0.3, 0.4) is 0 Å². The number of halogens is 1. The van der Waals surface area contributed by atoms with Crippen LogP contribution in [0, 0.1) is 0 Å². The van der Waals surface area contributed by atoms with Crippen LogP contribution in [0.2, 0.25) is 0 Å². The van der Waals surface area contributed by atoms with Gasteiger partial charge < -0.3 is 10.7 Å². The van der Waals surface area contributed by atoms with Crippen LogP contribution in [0.1, 0.15) is 0 Å². The summed E-state index contributed by atoms with van der Waals surface area (Å²) in [7, 11) is 0. The first-order chi connectivity index (χ1) is 8.27. The monoisotopic (exact) mass is 286 g/mol. The van der Waals surface area contributed by atoms with Gasteiger partial charge in [0, 0.05) is 20.9 Å². The van der Waals surface area contributed by atoms with Gasteiger partial charge in [-0.25, -0.2) is 0 Å². The van der Waals surface area contributed by atoms with E-state index in [4.69, 9.17) is 5.73 Å². The minimum atomic E-state index is 0.799. The Hall–Kier alpha value is -1.74. The number of nitrogens with one attached hydrogen (secondary N) is 1. The van der Waals surface area contributed by atoms with Gasteiger partial charge in [-0.1, -0.05) is 52.3 Å². The molecule has 0 atom stereocenters. The van der Waals surface area contributed by atoms with Crippen LogP contribution in [0.5, 0.6) is 0 Å². The number of nitrogen functional groups attached to an aromatic ring is 1. The van der Waals surface area contributed by atoms with Crippen molar-refractivity contribution in [3.05, 3.63) is 53.0 Å². The van der Waals surface area contributed by atoms with Crippen LogP contribution in [0.4, 0.5) is 5.69 Å². The van der Waals surface area contributed by atoms with E-state index in [0.29, 0.717) is 0 Å². The summed E-state index contributed by atoms with van der Waals surface area (Å²) in [5.41, 5.74) is 10.1. The summed E-state index contributed by atoms with van der Waals surface area (Å²) in [6.45, 7) is 0. The molecule has 17 heavy (non-hydrogen) atoms. The zero-order valence-corrected chi connectivity index (χ0v) is 10.7. The van der Waals surface area contributed by atoms with Crippen molar-refractivity contribution >= 4 is 32.5 Å². The number of hydrogen-bond acceptors (Lipinski definition) is 1. The quantitative estimate of drug-likeness (QED) is 0.692. The number of hydrogen-bond donors (Lipinski definition) is 2. The first-order valence-corrected chi connectivity index (χ1v) is 6.18. The molecule has 0 saturated heterocycles. The first kappa shape index (κ1) is 10.4. The number of para-hydroxylation sites is 1. The molecule has 3 rings (SSSR count). The fraction of sp³-hybridized carbons (Fsp3) is 0. The van der Waals surface area contributed by atoms with Crippen molar-refractivity contribution in [3.8, 4) is 11.3 Å². The van der Waals surface area contributed by atoms with Crippen LogP contribution >= 0.6 is 15.9 Å². The van der Waals surface area contributed by atoms with E-state index in [2.05, 4.69) is 20.9 Å². The number of fused-ring (bicyclic) bond motifs is 1. The van der Waals surface area contributed by atoms with Gasteiger partial charge in [-0.05, 0) is 12.1 Å². The van der Waals surface area contributed by atoms with Gasteiger partial charge in [0.05, 0.1) is 11.4 Å². The molecular formula is C14H11BrN2. The molecule has 0 aliphatic carbocycles. The summed E-state index contributed by atoms with van der Waals surface area (Å²) in [5.74, 6) is 0. The number of aromatic amines is 1. The highest BCUT2D eigenvalue weighted by Gasteiger charge is 2.11. The summed E-state index contributed by atoms with van der Waals surface area (Å²) >= 11 is 3.55. The molecular weight excluding hydrogens is 276 g/mol. The lowest BCUT2D eigenvalue weighted by Crippen LogP contribution is -1.87. The summed E-state index contributed by atoms with van der Waals surface area (Å²) in [5, 5.41) is 1.07. The van der Waals surface area contributed by atoms with E-state index in [1.165, 1.54) is 0 Å². The van der Waals surface area contributed by atoms with Gasteiger partial charge in [-0.15, -0.1) is 0 Å². The second-order valence-electron chi connectivity index (χ2n) is 3.94.